The van der Waals surface area contributed by atoms with Crippen LogP contribution in [0.3, 0.4) is 0 Å². The van der Waals surface area contributed by atoms with E-state index in [-0.39, 0.29) is 4.83 Å². The van der Waals surface area contributed by atoms with Gasteiger partial charge in [0.25, 0.3) is 0 Å². The van der Waals surface area contributed by atoms with E-state index < -0.39 is 0 Å². The van der Waals surface area contributed by atoms with Crippen LogP contribution in [0.4, 0.5) is 0 Å². The third-order valence-corrected chi connectivity index (χ3v) is 2.36. The lowest BCUT2D eigenvalue weighted by Gasteiger charge is -2.11. The fraction of sp³-hybridized carbons (Fsp3) is 0.400. The van der Waals surface area contributed by atoms with E-state index in [1.54, 1.807) is 14.2 Å². The summed E-state index contributed by atoms with van der Waals surface area (Å²) in [5.41, 5.74) is 1.10. The molecule has 0 spiro atoms. The molecule has 0 amide bonds. The van der Waals surface area contributed by atoms with Crippen molar-refractivity contribution < 1.29 is 9.47 Å². The van der Waals surface area contributed by atoms with Crippen LogP contribution in [-0.4, -0.2) is 14.2 Å². The Kier molecular flexibility index (Phi) is 3.60. The molecule has 0 aliphatic carbocycles. The van der Waals surface area contributed by atoms with Crippen LogP contribution in [-0.2, 0) is 0 Å². The molecule has 0 aliphatic rings. The Balaban J connectivity index is 3.10. The zero-order valence-corrected chi connectivity index (χ0v) is 9.59. The van der Waals surface area contributed by atoms with Gasteiger partial charge in [-0.1, -0.05) is 15.9 Å². The third kappa shape index (κ3) is 2.37. The lowest BCUT2D eigenvalue weighted by atomic mass is 10.1. The number of benzene rings is 1. The first-order valence-electron chi connectivity index (χ1n) is 4.05. The lowest BCUT2D eigenvalue weighted by molar-refractivity contribution is 0.399. The van der Waals surface area contributed by atoms with Crippen LogP contribution >= 0.6 is 15.9 Å². The van der Waals surface area contributed by atoms with Crippen molar-refractivity contribution in [3.8, 4) is 11.5 Å². The normalized spacial score (nSPS) is 12.3. The van der Waals surface area contributed by atoms with Crippen molar-refractivity contribution in [1.82, 2.24) is 0 Å². The van der Waals surface area contributed by atoms with Gasteiger partial charge in [-0.25, -0.2) is 0 Å². The highest BCUT2D eigenvalue weighted by atomic mass is 79.9. The molecule has 0 aromatic heterocycles. The van der Waals surface area contributed by atoms with E-state index in [2.05, 4.69) is 22.9 Å². The van der Waals surface area contributed by atoms with E-state index in [0.29, 0.717) is 0 Å². The molecule has 0 N–H and O–H groups in total. The summed E-state index contributed by atoms with van der Waals surface area (Å²) in [6.07, 6.45) is 0. The van der Waals surface area contributed by atoms with Crippen molar-refractivity contribution in [2.75, 3.05) is 14.2 Å². The summed E-state index contributed by atoms with van der Waals surface area (Å²) < 4.78 is 10.3. The summed E-state index contributed by atoms with van der Waals surface area (Å²) in [5, 5.41) is 0. The van der Waals surface area contributed by atoms with Crippen LogP contribution in [0.5, 0.6) is 11.5 Å². The first kappa shape index (κ1) is 10.4. The molecule has 1 aromatic carbocycles. The Labute approximate surface area is 87.0 Å². The van der Waals surface area contributed by atoms with Crippen molar-refractivity contribution >= 4 is 15.9 Å². The van der Waals surface area contributed by atoms with Crippen LogP contribution in [0.2, 0.25) is 0 Å². The van der Waals surface area contributed by atoms with Crippen molar-refractivity contribution in [2.45, 2.75) is 11.8 Å². The molecular formula is C10H13BrO2. The Bertz CT molecular complexity index is 284. The molecule has 0 saturated carbocycles. The maximum absolute atomic E-state index is 5.22. The molecule has 0 bridgehead atoms. The molecule has 3 heteroatoms. The lowest BCUT2D eigenvalue weighted by Crippen LogP contribution is -1.93. The van der Waals surface area contributed by atoms with Crippen LogP contribution < -0.4 is 9.47 Å². The first-order valence-corrected chi connectivity index (χ1v) is 4.96. The van der Waals surface area contributed by atoms with Crippen molar-refractivity contribution in [1.29, 1.82) is 0 Å². The standard InChI is InChI=1S/C10H13BrO2/c1-7(11)9-6-8(12-2)4-5-10(9)13-3/h4-7H,1-3H3. The van der Waals surface area contributed by atoms with Gasteiger partial charge in [0.1, 0.15) is 11.5 Å². The number of halogens is 1. The largest absolute Gasteiger partial charge is 0.497 e. The molecule has 1 unspecified atom stereocenters. The van der Waals surface area contributed by atoms with Crippen LogP contribution in [0.15, 0.2) is 18.2 Å². The number of ether oxygens (including phenoxy) is 2. The maximum Gasteiger partial charge on any atom is 0.123 e. The van der Waals surface area contributed by atoms with Gasteiger partial charge >= 0.3 is 0 Å². The highest BCUT2D eigenvalue weighted by Gasteiger charge is 2.09. The van der Waals surface area contributed by atoms with Crippen LogP contribution in [0.25, 0.3) is 0 Å². The summed E-state index contributed by atoms with van der Waals surface area (Å²) in [5.74, 6) is 1.73. The van der Waals surface area contributed by atoms with Crippen molar-refractivity contribution in [3.05, 3.63) is 23.8 Å². The Hall–Kier alpha value is -0.700. The summed E-state index contributed by atoms with van der Waals surface area (Å²) in [6, 6.07) is 5.77. The monoisotopic (exact) mass is 244 g/mol. The van der Waals surface area contributed by atoms with Gasteiger partial charge in [-0.15, -0.1) is 0 Å². The van der Waals surface area contributed by atoms with E-state index >= 15 is 0 Å². The second kappa shape index (κ2) is 4.51. The minimum absolute atomic E-state index is 0.262. The minimum Gasteiger partial charge on any atom is -0.497 e. The van der Waals surface area contributed by atoms with Gasteiger partial charge in [0.15, 0.2) is 0 Å². The quantitative estimate of drug-likeness (QED) is 0.761. The minimum atomic E-state index is 0.262. The Morgan fingerprint density at radius 1 is 1.23 bits per heavy atom. The molecule has 0 aliphatic heterocycles. The van der Waals surface area contributed by atoms with Gasteiger partial charge in [0, 0.05) is 10.4 Å². The topological polar surface area (TPSA) is 18.5 Å². The molecule has 2 nitrogen and oxygen atoms in total. The van der Waals surface area contributed by atoms with Gasteiger partial charge in [0.2, 0.25) is 0 Å². The third-order valence-electron chi connectivity index (χ3n) is 1.87. The molecule has 72 valence electrons. The summed E-state index contributed by atoms with van der Waals surface area (Å²) in [4.78, 5) is 0.262. The smallest absolute Gasteiger partial charge is 0.123 e. The zero-order valence-electron chi connectivity index (χ0n) is 8.00. The van der Waals surface area contributed by atoms with Crippen LogP contribution in [0.1, 0.15) is 17.3 Å². The predicted molar refractivity (Wildman–Crippen MR) is 56.9 cm³/mol. The number of hydrogen-bond acceptors (Lipinski definition) is 2. The molecule has 1 atom stereocenters. The zero-order chi connectivity index (χ0) is 9.84. The molecule has 0 saturated heterocycles. The Morgan fingerprint density at radius 3 is 2.38 bits per heavy atom. The number of hydrogen-bond donors (Lipinski definition) is 0. The Morgan fingerprint density at radius 2 is 1.92 bits per heavy atom. The van der Waals surface area contributed by atoms with Gasteiger partial charge in [-0.05, 0) is 25.1 Å². The van der Waals surface area contributed by atoms with Gasteiger partial charge in [0.05, 0.1) is 14.2 Å². The highest BCUT2D eigenvalue weighted by molar-refractivity contribution is 9.09. The van der Waals surface area contributed by atoms with Crippen molar-refractivity contribution in [2.24, 2.45) is 0 Å². The summed E-state index contributed by atoms with van der Waals surface area (Å²) in [6.45, 7) is 2.05. The molecule has 13 heavy (non-hydrogen) atoms. The van der Waals surface area contributed by atoms with Gasteiger partial charge in [-0.3, -0.25) is 0 Å². The van der Waals surface area contributed by atoms with Crippen molar-refractivity contribution in [3.63, 3.8) is 0 Å². The van der Waals surface area contributed by atoms with E-state index in [0.717, 1.165) is 17.1 Å². The molecular weight excluding hydrogens is 232 g/mol. The van der Waals surface area contributed by atoms with Gasteiger partial charge in [-0.2, -0.15) is 0 Å². The SMILES string of the molecule is COc1ccc(OC)c(C(C)Br)c1. The number of methoxy groups -OCH3 is 2. The molecule has 0 fully saturated rings. The summed E-state index contributed by atoms with van der Waals surface area (Å²) >= 11 is 3.50. The molecule has 1 aromatic rings. The number of rotatable bonds is 3. The second-order valence-corrected chi connectivity index (χ2v) is 4.10. The first-order chi connectivity index (χ1) is 6.19. The fourth-order valence-corrected chi connectivity index (χ4v) is 1.51. The van der Waals surface area contributed by atoms with E-state index in [9.17, 15) is 0 Å². The average molecular weight is 245 g/mol. The average Bonchev–Trinajstić information content (AvgIpc) is 2.16. The fourth-order valence-electron chi connectivity index (χ4n) is 1.15. The second-order valence-electron chi connectivity index (χ2n) is 2.72. The maximum atomic E-state index is 5.22. The molecule has 0 heterocycles. The number of alkyl halides is 1. The van der Waals surface area contributed by atoms with E-state index in [1.165, 1.54) is 0 Å². The molecule has 0 radical (unpaired) electrons. The predicted octanol–water partition coefficient (Wildman–Crippen LogP) is 3.16. The van der Waals surface area contributed by atoms with E-state index in [4.69, 9.17) is 9.47 Å². The van der Waals surface area contributed by atoms with E-state index in [1.807, 2.05) is 18.2 Å². The van der Waals surface area contributed by atoms with Crippen LogP contribution in [0, 0.1) is 0 Å². The highest BCUT2D eigenvalue weighted by Crippen LogP contribution is 2.33. The molecule has 1 rings (SSSR count). The van der Waals surface area contributed by atoms with Gasteiger partial charge < -0.3 is 9.47 Å². The summed E-state index contributed by atoms with van der Waals surface area (Å²) in [7, 11) is 3.32.